The molecule has 1 aliphatic carbocycles. The van der Waals surface area contributed by atoms with Crippen LogP contribution in [0.1, 0.15) is 43.2 Å². The van der Waals surface area contributed by atoms with Crippen molar-refractivity contribution < 1.29 is 18.0 Å². The van der Waals surface area contributed by atoms with Crippen molar-refractivity contribution in [3.63, 3.8) is 0 Å². The molecule has 0 heterocycles. The molecule has 7 nitrogen and oxygen atoms in total. The zero-order chi connectivity index (χ0) is 33.4. The summed E-state index contributed by atoms with van der Waals surface area (Å²) in [6.45, 7) is -0.596. The molecule has 0 bridgehead atoms. The number of carbonyl (C=O) groups is 2. The molecule has 0 saturated heterocycles. The van der Waals surface area contributed by atoms with Gasteiger partial charge in [-0.3, -0.25) is 13.9 Å². The van der Waals surface area contributed by atoms with Crippen molar-refractivity contribution in [2.24, 2.45) is 0 Å². The third kappa shape index (κ3) is 9.08. The fraction of sp³-hybridized carbons (Fsp3) is 0.278. The zero-order valence-electron chi connectivity index (χ0n) is 25.7. The number of sulfonamides is 1. The van der Waals surface area contributed by atoms with E-state index in [2.05, 4.69) is 5.32 Å². The standard InChI is InChI=1S/C36H36Cl3N3O4S/c37-28-18-16-27(17-19-28)24-41(34(22-26-10-4-1-5-11-26)36(44)40-30-12-6-2-7-13-30)35(43)25-42(33-23-29(38)20-21-32(33)39)47(45,46)31-14-8-3-9-15-31/h1,3-5,8-11,14-21,23,30,34H,2,6-7,12-13,22,24-25H2,(H,40,44)/t34-/m1/s1. The Labute approximate surface area is 291 Å². The van der Waals surface area contributed by atoms with Gasteiger partial charge in [0.15, 0.2) is 0 Å². The van der Waals surface area contributed by atoms with Gasteiger partial charge in [-0.05, 0) is 66.4 Å². The van der Waals surface area contributed by atoms with Gasteiger partial charge in [-0.25, -0.2) is 8.42 Å². The number of halogens is 3. The molecule has 47 heavy (non-hydrogen) atoms. The lowest BCUT2D eigenvalue weighted by Crippen LogP contribution is -2.55. The fourth-order valence-electron chi connectivity index (χ4n) is 5.79. The Bertz CT molecular complexity index is 1770. The summed E-state index contributed by atoms with van der Waals surface area (Å²) >= 11 is 19.0. The van der Waals surface area contributed by atoms with Gasteiger partial charge in [0.2, 0.25) is 11.8 Å². The molecule has 246 valence electrons. The minimum absolute atomic E-state index is 0.00207. The van der Waals surface area contributed by atoms with Gasteiger partial charge in [0.1, 0.15) is 12.6 Å². The number of rotatable bonds is 12. The summed E-state index contributed by atoms with van der Waals surface area (Å²) < 4.78 is 29.3. The second-order valence-corrected chi connectivity index (χ2v) is 14.8. The Morgan fingerprint density at radius 1 is 0.766 bits per heavy atom. The Morgan fingerprint density at radius 2 is 1.38 bits per heavy atom. The first-order valence-electron chi connectivity index (χ1n) is 15.5. The number of nitrogens with one attached hydrogen (secondary N) is 1. The predicted octanol–water partition coefficient (Wildman–Crippen LogP) is 7.93. The first kappa shape index (κ1) is 34.8. The lowest BCUT2D eigenvalue weighted by Gasteiger charge is -2.35. The van der Waals surface area contributed by atoms with Crippen molar-refractivity contribution in [2.45, 2.75) is 62.0 Å². The van der Waals surface area contributed by atoms with Crippen LogP contribution in [0.3, 0.4) is 0 Å². The Kier molecular flexibility index (Phi) is 11.9. The summed E-state index contributed by atoms with van der Waals surface area (Å²) in [5.74, 6) is -0.878. The van der Waals surface area contributed by atoms with E-state index < -0.39 is 28.5 Å². The molecule has 1 atom stereocenters. The number of carbonyl (C=O) groups excluding carboxylic acids is 2. The van der Waals surface area contributed by atoms with Crippen LogP contribution in [0, 0.1) is 0 Å². The Morgan fingerprint density at radius 3 is 2.04 bits per heavy atom. The van der Waals surface area contributed by atoms with Gasteiger partial charge in [0, 0.05) is 29.1 Å². The number of hydrogen-bond donors (Lipinski definition) is 1. The van der Waals surface area contributed by atoms with Crippen molar-refractivity contribution in [1.29, 1.82) is 0 Å². The van der Waals surface area contributed by atoms with Gasteiger partial charge in [-0.2, -0.15) is 0 Å². The van der Waals surface area contributed by atoms with Crippen LogP contribution in [-0.2, 0) is 32.6 Å². The molecule has 4 aromatic rings. The van der Waals surface area contributed by atoms with Crippen molar-refractivity contribution >= 4 is 62.3 Å². The van der Waals surface area contributed by atoms with Crippen molar-refractivity contribution in [1.82, 2.24) is 10.2 Å². The van der Waals surface area contributed by atoms with Crippen LogP contribution in [-0.4, -0.2) is 43.8 Å². The smallest absolute Gasteiger partial charge is 0.264 e. The van der Waals surface area contributed by atoms with Gasteiger partial charge >= 0.3 is 0 Å². The van der Waals surface area contributed by atoms with Crippen LogP contribution >= 0.6 is 34.8 Å². The van der Waals surface area contributed by atoms with E-state index in [0.717, 1.165) is 47.5 Å². The molecule has 4 aromatic carbocycles. The average molecular weight is 713 g/mol. The maximum Gasteiger partial charge on any atom is 0.264 e. The topological polar surface area (TPSA) is 86.8 Å². The first-order valence-corrected chi connectivity index (χ1v) is 18.1. The number of anilines is 1. The predicted molar refractivity (Wildman–Crippen MR) is 188 cm³/mol. The highest BCUT2D eigenvalue weighted by Gasteiger charge is 2.36. The fourth-order valence-corrected chi connectivity index (χ4v) is 7.80. The lowest BCUT2D eigenvalue weighted by molar-refractivity contribution is -0.140. The summed E-state index contributed by atoms with van der Waals surface area (Å²) in [5.41, 5.74) is 1.63. The SMILES string of the molecule is O=C(NC1CCCCC1)[C@@H](Cc1ccccc1)N(Cc1ccc(Cl)cc1)C(=O)CN(c1cc(Cl)ccc1Cl)S(=O)(=O)c1ccccc1. The number of hydrogen-bond acceptors (Lipinski definition) is 4. The normalized spacial score (nSPS) is 14.3. The molecule has 0 radical (unpaired) electrons. The van der Waals surface area contributed by atoms with Crippen LogP contribution in [0.15, 0.2) is 108 Å². The van der Waals surface area contributed by atoms with Crippen LogP contribution in [0.25, 0.3) is 0 Å². The molecule has 0 unspecified atom stereocenters. The zero-order valence-corrected chi connectivity index (χ0v) is 28.8. The van der Waals surface area contributed by atoms with Gasteiger partial charge in [0.25, 0.3) is 10.0 Å². The van der Waals surface area contributed by atoms with Crippen LogP contribution in [0.2, 0.25) is 15.1 Å². The van der Waals surface area contributed by atoms with E-state index in [0.29, 0.717) is 5.02 Å². The molecule has 11 heteroatoms. The third-order valence-corrected chi connectivity index (χ3v) is 10.9. The molecule has 1 N–H and O–H groups in total. The second kappa shape index (κ2) is 16.0. The molecule has 5 rings (SSSR count). The van der Waals surface area contributed by atoms with E-state index in [1.165, 1.54) is 29.2 Å². The van der Waals surface area contributed by atoms with Crippen LogP contribution in [0.5, 0.6) is 0 Å². The highest BCUT2D eigenvalue weighted by atomic mass is 35.5. The molecule has 0 aliphatic heterocycles. The van der Waals surface area contributed by atoms with Gasteiger partial charge in [-0.15, -0.1) is 0 Å². The van der Waals surface area contributed by atoms with Crippen LogP contribution < -0.4 is 9.62 Å². The lowest BCUT2D eigenvalue weighted by atomic mass is 9.94. The maximum atomic E-state index is 14.6. The van der Waals surface area contributed by atoms with E-state index in [1.54, 1.807) is 48.5 Å². The van der Waals surface area contributed by atoms with Crippen molar-refractivity contribution in [3.05, 3.63) is 129 Å². The molecule has 1 fully saturated rings. The number of benzene rings is 4. The molecular formula is C36H36Cl3N3O4S. The maximum absolute atomic E-state index is 14.6. The summed E-state index contributed by atoms with van der Waals surface area (Å²) in [4.78, 5) is 30.3. The minimum Gasteiger partial charge on any atom is -0.352 e. The molecule has 1 aliphatic rings. The van der Waals surface area contributed by atoms with E-state index in [4.69, 9.17) is 34.8 Å². The van der Waals surface area contributed by atoms with E-state index >= 15 is 0 Å². The highest BCUT2D eigenvalue weighted by molar-refractivity contribution is 7.92. The largest absolute Gasteiger partial charge is 0.352 e. The van der Waals surface area contributed by atoms with Crippen molar-refractivity contribution in [2.75, 3.05) is 10.8 Å². The summed E-state index contributed by atoms with van der Waals surface area (Å²) in [6.07, 6.45) is 5.13. The number of amides is 2. The quantitative estimate of drug-likeness (QED) is 0.162. The highest BCUT2D eigenvalue weighted by Crippen LogP contribution is 2.33. The second-order valence-electron chi connectivity index (χ2n) is 11.6. The third-order valence-electron chi connectivity index (χ3n) is 8.28. The van der Waals surface area contributed by atoms with Gasteiger partial charge < -0.3 is 10.2 Å². The summed E-state index contributed by atoms with van der Waals surface area (Å²) in [7, 11) is -4.30. The summed E-state index contributed by atoms with van der Waals surface area (Å²) in [5, 5.41) is 4.08. The first-order chi connectivity index (χ1) is 22.6. The number of nitrogens with zero attached hydrogens (tertiary/aromatic N) is 2. The van der Waals surface area contributed by atoms with Gasteiger partial charge in [-0.1, -0.05) is 115 Å². The summed E-state index contributed by atoms with van der Waals surface area (Å²) in [6, 6.07) is 27.8. The molecule has 2 amide bonds. The van der Waals surface area contributed by atoms with E-state index in [9.17, 15) is 18.0 Å². The Hall–Kier alpha value is -3.56. The van der Waals surface area contributed by atoms with Gasteiger partial charge in [0.05, 0.1) is 15.6 Å². The monoisotopic (exact) mass is 711 g/mol. The van der Waals surface area contributed by atoms with Crippen molar-refractivity contribution in [3.8, 4) is 0 Å². The molecule has 0 spiro atoms. The molecular weight excluding hydrogens is 677 g/mol. The van der Waals surface area contributed by atoms with Crippen LogP contribution in [0.4, 0.5) is 5.69 Å². The molecule has 1 saturated carbocycles. The minimum atomic E-state index is -4.30. The molecule has 0 aromatic heterocycles. The van der Waals surface area contributed by atoms with E-state index in [1.807, 2.05) is 30.3 Å². The average Bonchev–Trinajstić information content (AvgIpc) is 3.08. The van der Waals surface area contributed by atoms with E-state index in [-0.39, 0.29) is 45.5 Å². The Balaban J connectivity index is 1.58.